The Balaban J connectivity index is 1.58. The van der Waals surface area contributed by atoms with Crippen LogP contribution in [0.25, 0.3) is 11.0 Å². The summed E-state index contributed by atoms with van der Waals surface area (Å²) in [4.78, 5) is 23.0. The van der Waals surface area contributed by atoms with Gasteiger partial charge in [0.1, 0.15) is 5.82 Å². The summed E-state index contributed by atoms with van der Waals surface area (Å²) >= 11 is 0. The summed E-state index contributed by atoms with van der Waals surface area (Å²) in [5.74, 6) is 0.675. The average molecular weight is 398 g/mol. The van der Waals surface area contributed by atoms with Crippen LogP contribution in [-0.2, 0) is 10.0 Å². The number of para-hydroxylation sites is 2. The maximum absolute atomic E-state index is 13.1. The fraction of sp³-hybridized carbons (Fsp3) is 0.300. The lowest BCUT2D eigenvalue weighted by atomic mass is 10.1. The minimum Gasteiger partial charge on any atom is -0.340 e. The smallest absolute Gasteiger partial charge is 0.254 e. The van der Waals surface area contributed by atoms with E-state index in [4.69, 9.17) is 0 Å². The highest BCUT2D eigenvalue weighted by atomic mass is 32.2. The number of carbonyl (C=O) groups is 1. The van der Waals surface area contributed by atoms with Gasteiger partial charge in [0.15, 0.2) is 0 Å². The van der Waals surface area contributed by atoms with Gasteiger partial charge < -0.3 is 9.88 Å². The molecule has 0 saturated carbocycles. The number of aromatic nitrogens is 2. The molecular formula is C20H22N4O3S. The van der Waals surface area contributed by atoms with E-state index in [9.17, 15) is 13.2 Å². The molecule has 3 aromatic rings. The van der Waals surface area contributed by atoms with Crippen LogP contribution in [0.4, 0.5) is 0 Å². The van der Waals surface area contributed by atoms with Crippen molar-refractivity contribution in [1.29, 1.82) is 0 Å². The molecule has 0 radical (unpaired) electrons. The molecule has 1 aliphatic rings. The number of sulfonamides is 1. The van der Waals surface area contributed by atoms with Crippen molar-refractivity contribution in [3.8, 4) is 0 Å². The number of fused-ring (bicyclic) bond motifs is 1. The Labute approximate surface area is 163 Å². The molecule has 2 N–H and O–H groups in total. The highest BCUT2D eigenvalue weighted by molar-refractivity contribution is 7.89. The summed E-state index contributed by atoms with van der Waals surface area (Å²) in [5, 5.41) is 0. The number of aromatic amines is 1. The van der Waals surface area contributed by atoms with Crippen molar-refractivity contribution in [3.63, 3.8) is 0 Å². The molecule has 0 spiro atoms. The summed E-state index contributed by atoms with van der Waals surface area (Å²) in [7, 11) is -3.53. The summed E-state index contributed by atoms with van der Waals surface area (Å²) in [5.41, 5.74) is 2.31. The molecule has 1 aromatic heterocycles. The van der Waals surface area contributed by atoms with Crippen LogP contribution in [0.5, 0.6) is 0 Å². The number of nitrogens with one attached hydrogen (secondary N) is 2. The molecule has 0 bridgehead atoms. The van der Waals surface area contributed by atoms with Crippen LogP contribution < -0.4 is 4.72 Å². The number of carbonyl (C=O) groups excluding carboxylic acids is 1. The minimum absolute atomic E-state index is 0.106. The summed E-state index contributed by atoms with van der Waals surface area (Å²) in [6, 6.07) is 13.8. The van der Waals surface area contributed by atoms with Crippen LogP contribution in [0, 0.1) is 0 Å². The molecule has 1 atom stereocenters. The van der Waals surface area contributed by atoms with Gasteiger partial charge in [0.25, 0.3) is 5.91 Å². The molecule has 1 unspecified atom stereocenters. The Morgan fingerprint density at radius 3 is 2.68 bits per heavy atom. The van der Waals surface area contributed by atoms with Gasteiger partial charge in [-0.2, -0.15) is 0 Å². The Morgan fingerprint density at radius 1 is 1.21 bits per heavy atom. The van der Waals surface area contributed by atoms with Crippen LogP contribution in [0.15, 0.2) is 53.4 Å². The topological polar surface area (TPSA) is 95.2 Å². The largest absolute Gasteiger partial charge is 0.340 e. The highest BCUT2D eigenvalue weighted by Crippen LogP contribution is 2.32. The third kappa shape index (κ3) is 3.41. The van der Waals surface area contributed by atoms with Gasteiger partial charge in [0.2, 0.25) is 10.0 Å². The molecule has 4 rings (SSSR count). The number of H-pyrrole nitrogens is 1. The summed E-state index contributed by atoms with van der Waals surface area (Å²) in [6.07, 6.45) is 1.75. The zero-order valence-corrected chi connectivity index (χ0v) is 16.4. The Morgan fingerprint density at radius 2 is 1.96 bits per heavy atom. The zero-order valence-electron chi connectivity index (χ0n) is 15.6. The zero-order chi connectivity index (χ0) is 19.7. The van der Waals surface area contributed by atoms with Gasteiger partial charge in [-0.1, -0.05) is 19.1 Å². The molecule has 28 heavy (non-hydrogen) atoms. The molecule has 7 nitrogen and oxygen atoms in total. The molecule has 2 heterocycles. The van der Waals surface area contributed by atoms with Crippen LogP contribution in [0.3, 0.4) is 0 Å². The fourth-order valence-electron chi connectivity index (χ4n) is 3.64. The second-order valence-electron chi connectivity index (χ2n) is 6.82. The first-order valence-corrected chi connectivity index (χ1v) is 10.8. The van der Waals surface area contributed by atoms with Crippen molar-refractivity contribution >= 4 is 27.0 Å². The van der Waals surface area contributed by atoms with Gasteiger partial charge in [-0.3, -0.25) is 4.79 Å². The monoisotopic (exact) mass is 398 g/mol. The van der Waals surface area contributed by atoms with E-state index in [0.29, 0.717) is 18.7 Å². The number of hydrogen-bond donors (Lipinski definition) is 2. The SMILES string of the molecule is CCNS(=O)(=O)c1ccc(C(=O)N2CCCC2c2nc3ccccc3[nH]2)cc1. The lowest BCUT2D eigenvalue weighted by Crippen LogP contribution is -2.31. The number of hydrogen-bond acceptors (Lipinski definition) is 4. The Bertz CT molecular complexity index is 1070. The van der Waals surface area contributed by atoms with Crippen LogP contribution in [0.1, 0.15) is 42.0 Å². The van der Waals surface area contributed by atoms with Gasteiger partial charge in [0, 0.05) is 18.7 Å². The number of nitrogens with zero attached hydrogens (tertiary/aromatic N) is 2. The third-order valence-corrected chi connectivity index (χ3v) is 6.54. The van der Waals surface area contributed by atoms with Crippen molar-refractivity contribution in [2.75, 3.05) is 13.1 Å². The lowest BCUT2D eigenvalue weighted by Gasteiger charge is -2.23. The van der Waals surface area contributed by atoms with E-state index in [-0.39, 0.29) is 16.8 Å². The van der Waals surface area contributed by atoms with Crippen molar-refractivity contribution in [2.24, 2.45) is 0 Å². The van der Waals surface area contributed by atoms with Gasteiger partial charge in [-0.15, -0.1) is 0 Å². The second kappa shape index (κ2) is 7.37. The molecule has 8 heteroatoms. The van der Waals surface area contributed by atoms with Gasteiger partial charge in [0.05, 0.1) is 22.0 Å². The molecule has 1 fully saturated rings. The first kappa shape index (κ1) is 18.6. The van der Waals surface area contributed by atoms with Crippen LogP contribution in [-0.4, -0.2) is 42.3 Å². The first-order valence-electron chi connectivity index (χ1n) is 9.35. The molecule has 1 saturated heterocycles. The van der Waals surface area contributed by atoms with E-state index in [1.165, 1.54) is 12.1 Å². The number of benzene rings is 2. The van der Waals surface area contributed by atoms with E-state index in [1.54, 1.807) is 19.1 Å². The fourth-order valence-corrected chi connectivity index (χ4v) is 4.68. The van der Waals surface area contributed by atoms with Gasteiger partial charge in [-0.25, -0.2) is 18.1 Å². The highest BCUT2D eigenvalue weighted by Gasteiger charge is 2.32. The molecule has 2 aromatic carbocycles. The Kier molecular flexibility index (Phi) is 4.91. The number of rotatable bonds is 5. The predicted molar refractivity (Wildman–Crippen MR) is 106 cm³/mol. The van der Waals surface area contributed by atoms with Crippen molar-refractivity contribution in [1.82, 2.24) is 19.6 Å². The third-order valence-electron chi connectivity index (χ3n) is 4.98. The van der Waals surface area contributed by atoms with Crippen molar-refractivity contribution in [3.05, 3.63) is 59.9 Å². The number of imidazole rings is 1. The molecule has 1 aliphatic heterocycles. The Hall–Kier alpha value is -2.71. The maximum Gasteiger partial charge on any atom is 0.254 e. The quantitative estimate of drug-likeness (QED) is 0.691. The van der Waals surface area contributed by atoms with E-state index < -0.39 is 10.0 Å². The van der Waals surface area contributed by atoms with E-state index in [0.717, 1.165) is 29.7 Å². The first-order chi connectivity index (χ1) is 13.5. The van der Waals surface area contributed by atoms with E-state index in [2.05, 4.69) is 14.7 Å². The normalized spacial score (nSPS) is 17.3. The molecule has 1 amide bonds. The standard InChI is InChI=1S/C20H22N4O3S/c1-2-21-28(26,27)15-11-9-14(10-12-15)20(25)24-13-5-8-18(24)19-22-16-6-3-4-7-17(16)23-19/h3-4,6-7,9-12,18,21H,2,5,8,13H2,1H3,(H,22,23). The predicted octanol–water partition coefficient (Wildman–Crippen LogP) is 2.84. The molecular weight excluding hydrogens is 376 g/mol. The van der Waals surface area contributed by atoms with Crippen LogP contribution >= 0.6 is 0 Å². The number of likely N-dealkylation sites (tertiary alicyclic amines) is 1. The van der Waals surface area contributed by atoms with Gasteiger partial charge in [-0.05, 0) is 49.2 Å². The maximum atomic E-state index is 13.1. The molecule has 146 valence electrons. The van der Waals surface area contributed by atoms with Crippen molar-refractivity contribution in [2.45, 2.75) is 30.7 Å². The van der Waals surface area contributed by atoms with Gasteiger partial charge >= 0.3 is 0 Å². The van der Waals surface area contributed by atoms with E-state index in [1.807, 2.05) is 29.2 Å². The van der Waals surface area contributed by atoms with Crippen LogP contribution in [0.2, 0.25) is 0 Å². The summed E-state index contributed by atoms with van der Waals surface area (Å²) in [6.45, 7) is 2.69. The van der Waals surface area contributed by atoms with Crippen molar-refractivity contribution < 1.29 is 13.2 Å². The lowest BCUT2D eigenvalue weighted by molar-refractivity contribution is 0.0730. The average Bonchev–Trinajstić information content (AvgIpc) is 3.34. The number of amides is 1. The minimum atomic E-state index is -3.53. The van der Waals surface area contributed by atoms with E-state index >= 15 is 0 Å². The summed E-state index contributed by atoms with van der Waals surface area (Å²) < 4.78 is 26.6. The molecule has 0 aliphatic carbocycles. The second-order valence-corrected chi connectivity index (χ2v) is 8.59.